The van der Waals surface area contributed by atoms with Crippen molar-refractivity contribution in [2.75, 3.05) is 11.4 Å². The van der Waals surface area contributed by atoms with Crippen LogP contribution in [0.2, 0.25) is 0 Å². The van der Waals surface area contributed by atoms with Crippen LogP contribution in [0.15, 0.2) is 89.5 Å². The van der Waals surface area contributed by atoms with Crippen LogP contribution in [0.25, 0.3) is 0 Å². The van der Waals surface area contributed by atoms with E-state index in [-0.39, 0.29) is 28.7 Å². The topological polar surface area (TPSA) is 73.2 Å². The van der Waals surface area contributed by atoms with Crippen molar-refractivity contribution in [2.45, 2.75) is 18.1 Å². The predicted molar refractivity (Wildman–Crippen MR) is 131 cm³/mol. The number of halogens is 2. The number of benzene rings is 3. The number of hydrogen-bond donors (Lipinski definition) is 1. The summed E-state index contributed by atoms with van der Waals surface area (Å²) in [6.07, 6.45) is 0.862. The molecule has 0 saturated carbocycles. The Hall–Kier alpha value is -3.96. The highest BCUT2D eigenvalue weighted by molar-refractivity contribution is 8.05. The Morgan fingerprint density at radius 1 is 0.943 bits per heavy atom. The van der Waals surface area contributed by atoms with Gasteiger partial charge in [-0.05, 0) is 60.4 Å². The Morgan fingerprint density at radius 2 is 1.57 bits per heavy atom. The highest BCUT2D eigenvalue weighted by atomic mass is 32.2. The van der Waals surface area contributed by atoms with Crippen molar-refractivity contribution in [3.8, 4) is 6.07 Å². The van der Waals surface area contributed by atoms with Crippen LogP contribution in [0.3, 0.4) is 0 Å². The quantitative estimate of drug-likeness (QED) is 0.384. The fraction of sp³-hybridized carbons (Fsp3) is 0.148. The van der Waals surface area contributed by atoms with Crippen LogP contribution in [0.4, 0.5) is 14.5 Å². The normalized spacial score (nSPS) is 16.7. The number of thioether (sulfide) groups is 1. The van der Waals surface area contributed by atoms with Crippen LogP contribution in [-0.4, -0.2) is 23.6 Å². The summed E-state index contributed by atoms with van der Waals surface area (Å²) in [6, 6.07) is 22.6. The van der Waals surface area contributed by atoms with Crippen molar-refractivity contribution < 1.29 is 18.4 Å². The molecule has 8 heteroatoms. The Kier molecular flexibility index (Phi) is 7.58. The first-order chi connectivity index (χ1) is 17.0. The molecule has 5 nitrogen and oxygen atoms in total. The highest BCUT2D eigenvalue weighted by Crippen LogP contribution is 2.41. The molecule has 1 fully saturated rings. The van der Waals surface area contributed by atoms with E-state index in [1.165, 1.54) is 41.3 Å². The Balaban J connectivity index is 1.61. The Bertz CT molecular complexity index is 1290. The number of nitrogens with zero attached hydrogens (tertiary/aromatic N) is 2. The standard InChI is InChI=1S/C27H21F2N3O2S/c28-20-8-6-19(7-9-20)16-24-26(34)32(22-12-10-21(29)11-13-22)27(35-24)23(17-30)25(33)31-15-14-18-4-2-1-3-5-18/h1-13,24H,14-16H2,(H,31,33)/b27-23-. The molecular weight excluding hydrogens is 468 g/mol. The number of nitriles is 1. The average Bonchev–Trinajstić information content (AvgIpc) is 3.17. The largest absolute Gasteiger partial charge is 0.351 e. The number of carbonyl (C=O) groups is 2. The second-order valence-corrected chi connectivity index (χ2v) is 9.06. The summed E-state index contributed by atoms with van der Waals surface area (Å²) < 4.78 is 26.8. The van der Waals surface area contributed by atoms with E-state index in [1.54, 1.807) is 12.1 Å². The molecule has 0 radical (unpaired) electrons. The second-order valence-electron chi connectivity index (χ2n) is 7.87. The lowest BCUT2D eigenvalue weighted by atomic mass is 10.1. The lowest BCUT2D eigenvalue weighted by Gasteiger charge is -2.18. The van der Waals surface area contributed by atoms with Gasteiger partial charge in [-0.25, -0.2) is 8.78 Å². The van der Waals surface area contributed by atoms with E-state index in [0.29, 0.717) is 18.7 Å². The van der Waals surface area contributed by atoms with Gasteiger partial charge >= 0.3 is 0 Å². The van der Waals surface area contributed by atoms with Gasteiger partial charge in [0.25, 0.3) is 5.91 Å². The van der Waals surface area contributed by atoms with Crippen LogP contribution in [0, 0.1) is 23.0 Å². The van der Waals surface area contributed by atoms with Crippen LogP contribution < -0.4 is 10.2 Å². The number of rotatable bonds is 7. The molecule has 1 unspecified atom stereocenters. The summed E-state index contributed by atoms with van der Waals surface area (Å²) in [5, 5.41) is 12.2. The van der Waals surface area contributed by atoms with E-state index in [1.807, 2.05) is 36.4 Å². The fourth-order valence-electron chi connectivity index (χ4n) is 3.70. The molecule has 35 heavy (non-hydrogen) atoms. The zero-order chi connectivity index (χ0) is 24.8. The van der Waals surface area contributed by atoms with Gasteiger partial charge in [0.2, 0.25) is 5.91 Å². The average molecular weight is 490 g/mol. The van der Waals surface area contributed by atoms with E-state index in [9.17, 15) is 23.6 Å². The van der Waals surface area contributed by atoms with Crippen LogP contribution >= 0.6 is 11.8 Å². The van der Waals surface area contributed by atoms with Crippen LogP contribution in [0.5, 0.6) is 0 Å². The number of amides is 2. The highest BCUT2D eigenvalue weighted by Gasteiger charge is 2.40. The molecule has 1 N–H and O–H groups in total. The summed E-state index contributed by atoms with van der Waals surface area (Å²) in [5.74, 6) is -1.79. The second kappa shape index (κ2) is 11.0. The van der Waals surface area contributed by atoms with Gasteiger partial charge in [0.1, 0.15) is 28.3 Å². The molecule has 0 aromatic heterocycles. The molecule has 3 aromatic carbocycles. The SMILES string of the molecule is N#C/C(C(=O)NCCc1ccccc1)=C1/SC(Cc2ccc(F)cc2)C(=O)N1c1ccc(F)cc1. The first kappa shape index (κ1) is 24.2. The molecule has 1 heterocycles. The molecule has 4 rings (SSSR count). The minimum atomic E-state index is -0.638. The Labute approximate surface area is 206 Å². The van der Waals surface area contributed by atoms with Gasteiger partial charge < -0.3 is 5.32 Å². The molecule has 3 aromatic rings. The van der Waals surface area contributed by atoms with Crippen molar-refractivity contribution in [1.82, 2.24) is 5.32 Å². The first-order valence-electron chi connectivity index (χ1n) is 10.9. The minimum Gasteiger partial charge on any atom is -0.351 e. The first-order valence-corrected chi connectivity index (χ1v) is 11.8. The minimum absolute atomic E-state index is 0.188. The maximum absolute atomic E-state index is 13.5. The maximum Gasteiger partial charge on any atom is 0.264 e. The van der Waals surface area contributed by atoms with Crippen molar-refractivity contribution in [3.63, 3.8) is 0 Å². The molecular formula is C27H21F2N3O2S. The number of anilines is 1. The lowest BCUT2D eigenvalue weighted by molar-refractivity contribution is -0.117. The van der Waals surface area contributed by atoms with Crippen molar-refractivity contribution >= 4 is 29.3 Å². The lowest BCUT2D eigenvalue weighted by Crippen LogP contribution is -2.32. The van der Waals surface area contributed by atoms with Gasteiger partial charge in [-0.1, -0.05) is 54.2 Å². The molecule has 2 amide bonds. The summed E-state index contributed by atoms with van der Waals surface area (Å²) in [4.78, 5) is 27.6. The molecule has 1 saturated heterocycles. The van der Waals surface area contributed by atoms with E-state index in [4.69, 9.17) is 0 Å². The van der Waals surface area contributed by atoms with Gasteiger partial charge in [-0.15, -0.1) is 0 Å². The maximum atomic E-state index is 13.5. The van der Waals surface area contributed by atoms with Gasteiger partial charge in [-0.3, -0.25) is 14.5 Å². The molecule has 176 valence electrons. The van der Waals surface area contributed by atoms with Crippen molar-refractivity contribution in [1.29, 1.82) is 5.26 Å². The van der Waals surface area contributed by atoms with E-state index >= 15 is 0 Å². The van der Waals surface area contributed by atoms with Crippen molar-refractivity contribution in [2.24, 2.45) is 0 Å². The van der Waals surface area contributed by atoms with Gasteiger partial charge in [0, 0.05) is 12.2 Å². The third-order valence-electron chi connectivity index (χ3n) is 5.47. The third-order valence-corrected chi connectivity index (χ3v) is 6.73. The molecule has 0 spiro atoms. The van der Waals surface area contributed by atoms with Crippen LogP contribution in [0.1, 0.15) is 11.1 Å². The fourth-order valence-corrected chi connectivity index (χ4v) is 5.01. The number of hydrogen-bond acceptors (Lipinski definition) is 4. The summed E-state index contributed by atoms with van der Waals surface area (Å²) >= 11 is 1.10. The smallest absolute Gasteiger partial charge is 0.264 e. The van der Waals surface area contributed by atoms with Gasteiger partial charge in [0.15, 0.2) is 0 Å². The molecule has 1 aliphatic heterocycles. The predicted octanol–water partition coefficient (Wildman–Crippen LogP) is 4.75. The van der Waals surface area contributed by atoms with E-state index in [2.05, 4.69) is 5.32 Å². The number of carbonyl (C=O) groups excluding carboxylic acids is 2. The number of nitrogens with one attached hydrogen (secondary N) is 1. The summed E-state index contributed by atoms with van der Waals surface area (Å²) in [7, 11) is 0. The van der Waals surface area contributed by atoms with Crippen LogP contribution in [-0.2, 0) is 22.4 Å². The molecule has 1 atom stereocenters. The van der Waals surface area contributed by atoms with Gasteiger partial charge in [0.05, 0.1) is 5.25 Å². The Morgan fingerprint density at radius 3 is 2.20 bits per heavy atom. The third kappa shape index (κ3) is 5.76. The molecule has 0 bridgehead atoms. The van der Waals surface area contributed by atoms with Gasteiger partial charge in [-0.2, -0.15) is 5.26 Å². The molecule has 1 aliphatic rings. The summed E-state index contributed by atoms with van der Waals surface area (Å²) in [6.45, 7) is 0.315. The van der Waals surface area contributed by atoms with Crippen molar-refractivity contribution in [3.05, 3.63) is 112 Å². The zero-order valence-electron chi connectivity index (χ0n) is 18.6. The van der Waals surface area contributed by atoms with E-state index < -0.39 is 17.0 Å². The monoisotopic (exact) mass is 489 g/mol. The van der Waals surface area contributed by atoms with E-state index in [0.717, 1.165) is 22.9 Å². The molecule has 0 aliphatic carbocycles. The summed E-state index contributed by atoms with van der Waals surface area (Å²) in [5.41, 5.74) is 1.94. The zero-order valence-corrected chi connectivity index (χ0v) is 19.4.